The second-order valence-electron chi connectivity index (χ2n) is 5.82. The van der Waals surface area contributed by atoms with Crippen LogP contribution in [-0.4, -0.2) is 21.5 Å². The third kappa shape index (κ3) is 2.69. The number of rotatable bonds is 3. The molecule has 7 heteroatoms. The maximum absolute atomic E-state index is 12.6. The SMILES string of the molecule is O=C(Nc1cccc(Cl)c1)[C@@H]1[C@@H]2C[C@@H]([C@H](Br)[C@@H]2Br)[C@@H]1C(=O)[O-]. The number of halogens is 3. The summed E-state index contributed by atoms with van der Waals surface area (Å²) in [6, 6.07) is 6.81. The molecule has 3 rings (SSSR count). The molecule has 2 aliphatic carbocycles. The van der Waals surface area contributed by atoms with Crippen molar-refractivity contribution in [2.24, 2.45) is 23.7 Å². The molecule has 0 aliphatic heterocycles. The van der Waals surface area contributed by atoms with Gasteiger partial charge in [-0.3, -0.25) is 4.79 Å². The number of fused-ring (bicyclic) bond motifs is 2. The number of carboxylic acid groups (broad SMARTS) is 1. The zero-order chi connectivity index (χ0) is 16.0. The highest BCUT2D eigenvalue weighted by Gasteiger charge is 2.59. The number of anilines is 1. The van der Waals surface area contributed by atoms with Crippen LogP contribution in [0.3, 0.4) is 0 Å². The third-order valence-electron chi connectivity index (χ3n) is 4.64. The topological polar surface area (TPSA) is 69.2 Å². The van der Waals surface area contributed by atoms with E-state index < -0.39 is 17.8 Å². The average molecular weight is 451 g/mol. The second kappa shape index (κ2) is 6.13. The maximum atomic E-state index is 12.6. The van der Waals surface area contributed by atoms with E-state index >= 15 is 0 Å². The van der Waals surface area contributed by atoms with Gasteiger partial charge >= 0.3 is 0 Å². The van der Waals surface area contributed by atoms with Crippen molar-refractivity contribution in [3.8, 4) is 0 Å². The maximum Gasteiger partial charge on any atom is 0.228 e. The van der Waals surface area contributed by atoms with E-state index in [1.54, 1.807) is 24.3 Å². The average Bonchev–Trinajstić information content (AvgIpc) is 2.97. The largest absolute Gasteiger partial charge is 0.550 e. The highest BCUT2D eigenvalue weighted by molar-refractivity contribution is 9.12. The first-order valence-electron chi connectivity index (χ1n) is 6.95. The molecule has 0 radical (unpaired) electrons. The van der Waals surface area contributed by atoms with E-state index in [4.69, 9.17) is 11.6 Å². The summed E-state index contributed by atoms with van der Waals surface area (Å²) in [7, 11) is 0. The van der Waals surface area contributed by atoms with Crippen LogP contribution >= 0.6 is 43.5 Å². The summed E-state index contributed by atoms with van der Waals surface area (Å²) < 4.78 is 0. The highest BCUT2D eigenvalue weighted by Crippen LogP contribution is 2.57. The predicted octanol–water partition coefficient (Wildman–Crippen LogP) is 2.44. The van der Waals surface area contributed by atoms with Gasteiger partial charge < -0.3 is 15.2 Å². The van der Waals surface area contributed by atoms with Crippen LogP contribution in [0.4, 0.5) is 5.69 Å². The van der Waals surface area contributed by atoms with E-state index in [9.17, 15) is 14.7 Å². The minimum Gasteiger partial charge on any atom is -0.550 e. The Bertz CT molecular complexity index is 627. The van der Waals surface area contributed by atoms with Gasteiger partial charge in [-0.2, -0.15) is 0 Å². The molecule has 0 saturated heterocycles. The highest BCUT2D eigenvalue weighted by atomic mass is 79.9. The molecule has 22 heavy (non-hydrogen) atoms. The van der Waals surface area contributed by atoms with E-state index in [0.717, 1.165) is 0 Å². The molecule has 0 spiro atoms. The normalized spacial score (nSPS) is 36.3. The number of hydrogen-bond acceptors (Lipinski definition) is 3. The summed E-state index contributed by atoms with van der Waals surface area (Å²) in [5, 5.41) is 14.8. The number of carbonyl (C=O) groups is 2. The number of carbonyl (C=O) groups excluding carboxylic acids is 2. The quantitative estimate of drug-likeness (QED) is 0.720. The number of hydrogen-bond donors (Lipinski definition) is 1. The van der Waals surface area contributed by atoms with Gasteiger partial charge in [0.2, 0.25) is 5.91 Å². The Hall–Kier alpha value is -0.590. The van der Waals surface area contributed by atoms with Gasteiger partial charge in [0.05, 0.1) is 5.92 Å². The number of benzene rings is 1. The number of alkyl halides is 2. The fourth-order valence-electron chi connectivity index (χ4n) is 3.74. The molecule has 118 valence electrons. The van der Waals surface area contributed by atoms with Crippen LogP contribution in [0.1, 0.15) is 6.42 Å². The molecule has 2 bridgehead atoms. The van der Waals surface area contributed by atoms with Gasteiger partial charge in [0.15, 0.2) is 0 Å². The van der Waals surface area contributed by atoms with E-state index in [0.29, 0.717) is 17.1 Å². The summed E-state index contributed by atoms with van der Waals surface area (Å²) in [6.45, 7) is 0. The lowest BCUT2D eigenvalue weighted by molar-refractivity contribution is -0.314. The van der Waals surface area contributed by atoms with E-state index in [1.807, 2.05) is 0 Å². The molecule has 1 aromatic carbocycles. The molecule has 2 aliphatic rings. The minimum absolute atomic E-state index is 0.0172. The van der Waals surface area contributed by atoms with Crippen molar-refractivity contribution in [1.82, 2.24) is 0 Å². The summed E-state index contributed by atoms with van der Waals surface area (Å²) >= 11 is 13.0. The van der Waals surface area contributed by atoms with Gasteiger partial charge in [0.25, 0.3) is 0 Å². The fourth-order valence-corrected chi connectivity index (χ4v) is 5.80. The summed E-state index contributed by atoms with van der Waals surface area (Å²) in [6.07, 6.45) is 0.706. The van der Waals surface area contributed by atoms with Gasteiger partial charge in [-0.25, -0.2) is 0 Å². The smallest absolute Gasteiger partial charge is 0.228 e. The number of amides is 1. The zero-order valence-electron chi connectivity index (χ0n) is 11.3. The molecule has 2 fully saturated rings. The van der Waals surface area contributed by atoms with Gasteiger partial charge in [-0.05, 0) is 36.5 Å². The van der Waals surface area contributed by atoms with E-state index in [-0.39, 0.29) is 27.4 Å². The Morgan fingerprint density at radius 1 is 1.18 bits per heavy atom. The van der Waals surface area contributed by atoms with Gasteiger partial charge in [-0.15, -0.1) is 0 Å². The van der Waals surface area contributed by atoms with Gasteiger partial charge in [0.1, 0.15) is 0 Å². The van der Waals surface area contributed by atoms with Gasteiger partial charge in [-0.1, -0.05) is 49.5 Å². The van der Waals surface area contributed by atoms with Crippen LogP contribution < -0.4 is 10.4 Å². The zero-order valence-corrected chi connectivity index (χ0v) is 15.3. The summed E-state index contributed by atoms with van der Waals surface area (Å²) in [5.74, 6) is -2.89. The van der Waals surface area contributed by atoms with Crippen molar-refractivity contribution in [3.05, 3.63) is 29.3 Å². The van der Waals surface area contributed by atoms with Crippen molar-refractivity contribution in [2.45, 2.75) is 16.1 Å². The van der Waals surface area contributed by atoms with Crippen LogP contribution in [-0.2, 0) is 9.59 Å². The summed E-state index contributed by atoms with van der Waals surface area (Å²) in [5.41, 5.74) is 0.568. The molecule has 1 amide bonds. The molecule has 0 heterocycles. The first-order valence-corrected chi connectivity index (χ1v) is 9.16. The van der Waals surface area contributed by atoms with Crippen molar-refractivity contribution >= 4 is 61.0 Å². The lowest BCUT2D eigenvalue weighted by Gasteiger charge is -2.36. The Kier molecular flexibility index (Phi) is 4.54. The van der Waals surface area contributed by atoms with Crippen molar-refractivity contribution in [2.75, 3.05) is 5.32 Å². The Morgan fingerprint density at radius 3 is 2.41 bits per heavy atom. The standard InChI is InChI=1S/C15H14Br2ClNO3/c16-12-8-5-9(13(12)17)11(15(21)22)10(8)14(20)19-7-3-1-2-6(18)4-7/h1-4,8-13H,5H2,(H,19,20)(H,21,22)/p-1/t8-,9+,10+,11-,12+,13-/m0/s1. The molecule has 4 nitrogen and oxygen atoms in total. The molecule has 6 atom stereocenters. The van der Waals surface area contributed by atoms with Crippen molar-refractivity contribution < 1.29 is 14.7 Å². The Balaban J connectivity index is 1.83. The number of carboxylic acids is 1. The monoisotopic (exact) mass is 448 g/mol. The van der Waals surface area contributed by atoms with Crippen LogP contribution in [0.2, 0.25) is 5.02 Å². The first kappa shape index (κ1) is 16.3. The molecule has 0 unspecified atom stereocenters. The third-order valence-corrected chi connectivity index (χ3v) is 8.08. The minimum atomic E-state index is -1.15. The van der Waals surface area contributed by atoms with Crippen molar-refractivity contribution in [1.29, 1.82) is 0 Å². The number of aliphatic carboxylic acids is 1. The van der Waals surface area contributed by atoms with Crippen molar-refractivity contribution in [3.63, 3.8) is 0 Å². The molecule has 1 N–H and O–H groups in total. The Labute approximate surface area is 149 Å². The fraction of sp³-hybridized carbons (Fsp3) is 0.467. The first-order chi connectivity index (χ1) is 10.4. The van der Waals surface area contributed by atoms with Crippen LogP contribution in [0.5, 0.6) is 0 Å². The van der Waals surface area contributed by atoms with E-state index in [2.05, 4.69) is 37.2 Å². The van der Waals surface area contributed by atoms with Gasteiger partial charge in [0, 0.05) is 32.3 Å². The predicted molar refractivity (Wildman–Crippen MR) is 89.1 cm³/mol. The van der Waals surface area contributed by atoms with E-state index in [1.165, 1.54) is 0 Å². The lowest BCUT2D eigenvalue weighted by Crippen LogP contribution is -2.49. The molecular formula is C15H13Br2ClNO3-. The second-order valence-corrected chi connectivity index (χ2v) is 8.37. The molecule has 0 aromatic heterocycles. The van der Waals surface area contributed by atoms with Crippen LogP contribution in [0.15, 0.2) is 24.3 Å². The summed E-state index contributed by atoms with van der Waals surface area (Å²) in [4.78, 5) is 24.3. The molecule has 2 saturated carbocycles. The molecular weight excluding hydrogens is 437 g/mol. The Morgan fingerprint density at radius 2 is 1.82 bits per heavy atom. The van der Waals surface area contributed by atoms with Crippen LogP contribution in [0, 0.1) is 23.7 Å². The lowest BCUT2D eigenvalue weighted by atomic mass is 9.78. The number of nitrogens with one attached hydrogen (secondary N) is 1. The van der Waals surface area contributed by atoms with Crippen LogP contribution in [0.25, 0.3) is 0 Å². The molecule has 1 aromatic rings.